The van der Waals surface area contributed by atoms with E-state index >= 15 is 0 Å². The lowest BCUT2D eigenvalue weighted by molar-refractivity contribution is -0.159. The van der Waals surface area contributed by atoms with Crippen molar-refractivity contribution in [1.82, 2.24) is 5.32 Å². The first-order chi connectivity index (χ1) is 9.73. The van der Waals surface area contributed by atoms with Crippen molar-refractivity contribution in [2.45, 2.75) is 50.7 Å². The van der Waals surface area contributed by atoms with E-state index in [1.54, 1.807) is 6.92 Å². The molecule has 0 aromatic rings. The third-order valence-corrected chi connectivity index (χ3v) is 3.94. The number of cyclic esters (lactones) is 1. The Balaban J connectivity index is 2.37. The number of amides is 1. The van der Waals surface area contributed by atoms with Crippen molar-refractivity contribution in [3.8, 4) is 0 Å². The summed E-state index contributed by atoms with van der Waals surface area (Å²) >= 11 is 0. The Bertz CT molecular complexity index is 489. The molecule has 1 unspecified atom stereocenters. The molecule has 2 aliphatic rings. The molecule has 1 amide bonds. The van der Waals surface area contributed by atoms with Crippen molar-refractivity contribution >= 4 is 11.9 Å². The van der Waals surface area contributed by atoms with E-state index in [4.69, 9.17) is 10.5 Å². The van der Waals surface area contributed by atoms with E-state index in [-0.39, 0.29) is 17.8 Å². The van der Waals surface area contributed by atoms with Gasteiger partial charge >= 0.3 is 5.97 Å². The largest absolute Gasteiger partial charge is 0.512 e. The van der Waals surface area contributed by atoms with Gasteiger partial charge in [-0.2, -0.15) is 0 Å². The zero-order valence-electron chi connectivity index (χ0n) is 11.8. The summed E-state index contributed by atoms with van der Waals surface area (Å²) in [5, 5.41) is 32.4. The third kappa shape index (κ3) is 2.74. The molecule has 6 N–H and O–H groups in total. The first kappa shape index (κ1) is 15.7. The third-order valence-electron chi connectivity index (χ3n) is 3.94. The van der Waals surface area contributed by atoms with Gasteiger partial charge in [0, 0.05) is 12.3 Å². The molecular weight excluding hydrogens is 280 g/mol. The minimum absolute atomic E-state index is 0.0964. The molecular formula is C13H20N2O6. The topological polar surface area (TPSA) is 142 Å². The fourth-order valence-electron chi connectivity index (χ4n) is 2.78. The van der Waals surface area contributed by atoms with Crippen LogP contribution in [0.5, 0.6) is 0 Å². The number of fused-ring (bicyclic) bond motifs is 1. The summed E-state index contributed by atoms with van der Waals surface area (Å²) in [6.45, 7) is 3.06. The predicted molar refractivity (Wildman–Crippen MR) is 70.9 cm³/mol. The molecule has 2 rings (SSSR count). The average molecular weight is 300 g/mol. The summed E-state index contributed by atoms with van der Waals surface area (Å²) in [5.74, 6) is -2.49. The molecule has 6 atom stereocenters. The number of aliphatic hydroxyl groups is 3. The SMILES string of the molecule is C[C@H](N)C(=O)N[C@@H]1C2C(=C(O)C[C@@H](O)[C@@H]2O)C(=O)O[C@@H]1C. The maximum atomic E-state index is 11.9. The van der Waals surface area contributed by atoms with Crippen LogP contribution in [-0.2, 0) is 14.3 Å². The van der Waals surface area contributed by atoms with Crippen LogP contribution in [0.25, 0.3) is 0 Å². The molecule has 1 aliphatic heterocycles. The van der Waals surface area contributed by atoms with Crippen molar-refractivity contribution in [2.75, 3.05) is 0 Å². The predicted octanol–water partition coefficient (Wildman–Crippen LogP) is -1.68. The van der Waals surface area contributed by atoms with Crippen LogP contribution >= 0.6 is 0 Å². The summed E-state index contributed by atoms with van der Waals surface area (Å²) in [6.07, 6.45) is -3.46. The first-order valence-corrected chi connectivity index (χ1v) is 6.79. The number of carbonyl (C=O) groups excluding carboxylic acids is 2. The number of rotatable bonds is 2. The Morgan fingerprint density at radius 3 is 2.67 bits per heavy atom. The van der Waals surface area contributed by atoms with Crippen molar-refractivity contribution < 1.29 is 29.6 Å². The van der Waals surface area contributed by atoms with Crippen molar-refractivity contribution in [2.24, 2.45) is 11.7 Å². The smallest absolute Gasteiger partial charge is 0.338 e. The van der Waals surface area contributed by atoms with Gasteiger partial charge in [0.25, 0.3) is 0 Å². The molecule has 21 heavy (non-hydrogen) atoms. The Morgan fingerprint density at radius 1 is 1.48 bits per heavy atom. The first-order valence-electron chi connectivity index (χ1n) is 6.79. The Hall–Kier alpha value is -1.64. The van der Waals surface area contributed by atoms with Crippen LogP contribution in [0.1, 0.15) is 20.3 Å². The van der Waals surface area contributed by atoms with Crippen LogP contribution in [0, 0.1) is 5.92 Å². The van der Waals surface area contributed by atoms with E-state index in [0.29, 0.717) is 0 Å². The van der Waals surface area contributed by atoms with Gasteiger partial charge in [0.15, 0.2) is 0 Å². The quantitative estimate of drug-likeness (QED) is 0.383. The molecule has 1 aliphatic carbocycles. The summed E-state index contributed by atoms with van der Waals surface area (Å²) < 4.78 is 5.10. The van der Waals surface area contributed by atoms with Gasteiger partial charge in [0.1, 0.15) is 11.9 Å². The number of ether oxygens (including phenoxy) is 1. The molecule has 0 bridgehead atoms. The van der Waals surface area contributed by atoms with Crippen LogP contribution in [0.2, 0.25) is 0 Å². The molecule has 118 valence electrons. The lowest BCUT2D eigenvalue weighted by atomic mass is 9.74. The summed E-state index contributed by atoms with van der Waals surface area (Å²) in [7, 11) is 0. The van der Waals surface area contributed by atoms with Gasteiger partial charge < -0.3 is 31.1 Å². The average Bonchev–Trinajstić information content (AvgIpc) is 2.38. The van der Waals surface area contributed by atoms with Crippen LogP contribution in [0.4, 0.5) is 0 Å². The van der Waals surface area contributed by atoms with Crippen LogP contribution in [-0.4, -0.2) is 57.6 Å². The van der Waals surface area contributed by atoms with E-state index in [2.05, 4.69) is 5.32 Å². The highest BCUT2D eigenvalue weighted by Crippen LogP contribution is 2.37. The standard InChI is InChI=1S/C13H20N2O6/c1-4(14)12(19)15-10-5(2)21-13(20)8-6(16)3-7(17)11(18)9(8)10/h4-5,7,9-11,16-18H,3,14H2,1-2H3,(H,15,19)/t4-,5+,7+,9?,10-,11-/m0/s1. The van der Waals surface area contributed by atoms with Gasteiger partial charge in [-0.25, -0.2) is 4.79 Å². The fraction of sp³-hybridized carbons (Fsp3) is 0.692. The molecule has 8 nitrogen and oxygen atoms in total. The highest BCUT2D eigenvalue weighted by Gasteiger charge is 2.50. The van der Waals surface area contributed by atoms with Gasteiger partial charge in [-0.05, 0) is 13.8 Å². The number of aliphatic hydroxyl groups excluding tert-OH is 3. The number of hydrogen-bond donors (Lipinski definition) is 5. The van der Waals surface area contributed by atoms with Crippen molar-refractivity contribution in [1.29, 1.82) is 0 Å². The number of carbonyl (C=O) groups is 2. The molecule has 0 saturated carbocycles. The van der Waals surface area contributed by atoms with E-state index < -0.39 is 48.2 Å². The second kappa shape index (κ2) is 5.63. The number of nitrogens with two attached hydrogens (primary N) is 1. The van der Waals surface area contributed by atoms with E-state index in [1.807, 2.05) is 0 Å². The monoisotopic (exact) mass is 300 g/mol. The minimum Gasteiger partial charge on any atom is -0.512 e. The zero-order valence-corrected chi connectivity index (χ0v) is 11.8. The normalized spacial score (nSPS) is 37.6. The molecule has 8 heteroatoms. The van der Waals surface area contributed by atoms with Crippen LogP contribution in [0.15, 0.2) is 11.3 Å². The molecule has 0 spiro atoms. The van der Waals surface area contributed by atoms with Crippen molar-refractivity contribution in [3.05, 3.63) is 11.3 Å². The summed E-state index contributed by atoms with van der Waals surface area (Å²) in [4.78, 5) is 23.7. The molecule has 0 radical (unpaired) electrons. The maximum absolute atomic E-state index is 11.9. The lowest BCUT2D eigenvalue weighted by Crippen LogP contribution is -2.61. The fourth-order valence-corrected chi connectivity index (χ4v) is 2.78. The van der Waals surface area contributed by atoms with Crippen molar-refractivity contribution in [3.63, 3.8) is 0 Å². The highest BCUT2D eigenvalue weighted by atomic mass is 16.5. The van der Waals surface area contributed by atoms with Crippen LogP contribution in [0.3, 0.4) is 0 Å². The number of hydrogen-bond acceptors (Lipinski definition) is 7. The maximum Gasteiger partial charge on any atom is 0.338 e. The van der Waals surface area contributed by atoms with Gasteiger partial charge in [0.05, 0.1) is 29.9 Å². The lowest BCUT2D eigenvalue weighted by Gasteiger charge is -2.43. The Kier molecular flexibility index (Phi) is 4.22. The van der Waals surface area contributed by atoms with Gasteiger partial charge in [-0.15, -0.1) is 0 Å². The van der Waals surface area contributed by atoms with E-state index in [1.165, 1.54) is 6.92 Å². The van der Waals surface area contributed by atoms with Gasteiger partial charge in [0.2, 0.25) is 5.91 Å². The summed E-state index contributed by atoms with van der Waals surface area (Å²) in [5.41, 5.74) is 5.39. The van der Waals surface area contributed by atoms with Gasteiger partial charge in [-0.3, -0.25) is 4.79 Å². The second-order valence-electron chi connectivity index (χ2n) is 5.58. The Labute approximate surface area is 121 Å². The number of esters is 1. The van der Waals surface area contributed by atoms with E-state index in [0.717, 1.165) is 0 Å². The second-order valence-corrected chi connectivity index (χ2v) is 5.58. The molecule has 1 saturated heterocycles. The van der Waals surface area contributed by atoms with E-state index in [9.17, 15) is 24.9 Å². The van der Waals surface area contributed by atoms with Crippen LogP contribution < -0.4 is 11.1 Å². The summed E-state index contributed by atoms with van der Waals surface area (Å²) in [6, 6.07) is -1.55. The molecule has 1 heterocycles. The highest BCUT2D eigenvalue weighted by molar-refractivity contribution is 5.92. The molecule has 0 aromatic carbocycles. The molecule has 0 aromatic heterocycles. The minimum atomic E-state index is -1.29. The number of nitrogens with one attached hydrogen (secondary N) is 1. The molecule has 1 fully saturated rings. The Morgan fingerprint density at radius 2 is 2.10 bits per heavy atom. The zero-order chi connectivity index (χ0) is 15.9. The van der Waals surface area contributed by atoms with Gasteiger partial charge in [-0.1, -0.05) is 0 Å².